The van der Waals surface area contributed by atoms with E-state index in [0.717, 1.165) is 6.42 Å². The number of sulfonamides is 1. The zero-order chi connectivity index (χ0) is 15.3. The van der Waals surface area contributed by atoms with E-state index < -0.39 is 16.0 Å². The molecular weight excluding hydrogens is 302 g/mol. The Morgan fingerprint density at radius 1 is 1.40 bits per heavy atom. The summed E-state index contributed by atoms with van der Waals surface area (Å²) in [5.74, 6) is -0.275. The summed E-state index contributed by atoms with van der Waals surface area (Å²) in [5, 5.41) is 0.151. The van der Waals surface area contributed by atoms with Crippen LogP contribution in [0.25, 0.3) is 0 Å². The molecule has 0 aliphatic heterocycles. The molecule has 1 aromatic rings. The molecule has 0 fully saturated rings. The number of nitrogens with one attached hydrogen (secondary N) is 1. The molecule has 0 saturated carbocycles. The number of hydrogen-bond donors (Lipinski definition) is 1. The number of hydrogen-bond acceptors (Lipinski definition) is 4. The summed E-state index contributed by atoms with van der Waals surface area (Å²) in [6, 6.07) is 3.93. The molecule has 5 nitrogen and oxygen atoms in total. The van der Waals surface area contributed by atoms with Crippen molar-refractivity contribution in [2.24, 2.45) is 5.92 Å². The molecule has 1 aromatic carbocycles. The number of halogens is 1. The van der Waals surface area contributed by atoms with Crippen molar-refractivity contribution in [3.05, 3.63) is 28.8 Å². The summed E-state index contributed by atoms with van der Waals surface area (Å²) in [7, 11) is -2.44. The first kappa shape index (κ1) is 16.9. The van der Waals surface area contributed by atoms with Gasteiger partial charge in [0.1, 0.15) is 0 Å². The highest BCUT2D eigenvalue weighted by atomic mass is 35.5. The van der Waals surface area contributed by atoms with Crippen molar-refractivity contribution in [2.45, 2.75) is 25.2 Å². The minimum absolute atomic E-state index is 0.00828. The summed E-state index contributed by atoms with van der Waals surface area (Å²) in [6.07, 6.45) is 0.733. The maximum absolute atomic E-state index is 12.1. The normalized spacial score (nSPS) is 11.7. The minimum atomic E-state index is -3.65. The lowest BCUT2D eigenvalue weighted by Gasteiger charge is -2.10. The fraction of sp³-hybridized carbons (Fsp3) is 0.462. The highest BCUT2D eigenvalue weighted by Gasteiger charge is 2.18. The maximum atomic E-state index is 12.1. The molecule has 0 radical (unpaired) electrons. The molecular formula is C13H18ClNO4S. The fourth-order valence-electron chi connectivity index (χ4n) is 1.50. The molecule has 0 aliphatic carbocycles. The van der Waals surface area contributed by atoms with Gasteiger partial charge in [0, 0.05) is 6.54 Å². The first-order valence-corrected chi connectivity index (χ1v) is 8.01. The SMILES string of the molecule is COC(=O)c1cc(S(=O)(=O)NCCC(C)C)ccc1Cl. The second kappa shape index (κ2) is 7.06. The highest BCUT2D eigenvalue weighted by molar-refractivity contribution is 7.89. The maximum Gasteiger partial charge on any atom is 0.339 e. The van der Waals surface area contributed by atoms with Gasteiger partial charge in [-0.3, -0.25) is 0 Å². The van der Waals surface area contributed by atoms with Gasteiger partial charge in [0.05, 0.1) is 22.6 Å². The van der Waals surface area contributed by atoms with Crippen molar-refractivity contribution >= 4 is 27.6 Å². The van der Waals surface area contributed by atoms with E-state index in [-0.39, 0.29) is 15.5 Å². The quantitative estimate of drug-likeness (QED) is 0.817. The van der Waals surface area contributed by atoms with Crippen LogP contribution < -0.4 is 4.72 Å². The van der Waals surface area contributed by atoms with Gasteiger partial charge < -0.3 is 4.74 Å². The second-order valence-electron chi connectivity index (χ2n) is 4.71. The monoisotopic (exact) mass is 319 g/mol. The predicted molar refractivity (Wildman–Crippen MR) is 77.4 cm³/mol. The van der Waals surface area contributed by atoms with E-state index in [1.165, 1.54) is 25.3 Å². The lowest BCUT2D eigenvalue weighted by atomic mass is 10.1. The molecule has 0 aliphatic rings. The Labute approximate surface area is 124 Å². The van der Waals surface area contributed by atoms with Crippen LogP contribution in [0.15, 0.2) is 23.1 Å². The lowest BCUT2D eigenvalue weighted by Crippen LogP contribution is -2.26. The lowest BCUT2D eigenvalue weighted by molar-refractivity contribution is 0.0600. The summed E-state index contributed by atoms with van der Waals surface area (Å²) < 4.78 is 31.2. The van der Waals surface area contributed by atoms with E-state index in [1.807, 2.05) is 13.8 Å². The number of benzene rings is 1. The predicted octanol–water partition coefficient (Wildman–Crippen LogP) is 2.45. The van der Waals surface area contributed by atoms with Crippen molar-refractivity contribution < 1.29 is 17.9 Å². The topological polar surface area (TPSA) is 72.5 Å². The molecule has 0 heterocycles. The minimum Gasteiger partial charge on any atom is -0.465 e. The van der Waals surface area contributed by atoms with Gasteiger partial charge in [-0.15, -0.1) is 0 Å². The van der Waals surface area contributed by atoms with Gasteiger partial charge >= 0.3 is 5.97 Å². The van der Waals surface area contributed by atoms with Gasteiger partial charge in [0.25, 0.3) is 0 Å². The molecule has 1 N–H and O–H groups in total. The third-order valence-electron chi connectivity index (χ3n) is 2.67. The van der Waals surface area contributed by atoms with Crippen LogP contribution in [0.5, 0.6) is 0 Å². The standard InChI is InChI=1S/C13H18ClNO4S/c1-9(2)6-7-15-20(17,18)10-4-5-12(14)11(8-10)13(16)19-3/h4-5,8-9,15H,6-7H2,1-3H3. The van der Waals surface area contributed by atoms with E-state index in [2.05, 4.69) is 9.46 Å². The zero-order valence-electron chi connectivity index (χ0n) is 11.6. The molecule has 0 saturated heterocycles. The van der Waals surface area contributed by atoms with E-state index in [0.29, 0.717) is 12.5 Å². The van der Waals surface area contributed by atoms with Crippen LogP contribution in [0.4, 0.5) is 0 Å². The Bertz CT molecular complexity index is 584. The van der Waals surface area contributed by atoms with Crippen LogP contribution in [0.2, 0.25) is 5.02 Å². The van der Waals surface area contributed by atoms with Crippen molar-refractivity contribution in [3.63, 3.8) is 0 Å². The zero-order valence-corrected chi connectivity index (χ0v) is 13.2. The number of esters is 1. The first-order chi connectivity index (χ1) is 9.27. The van der Waals surface area contributed by atoms with Gasteiger partial charge in [-0.05, 0) is 30.5 Å². The fourth-order valence-corrected chi connectivity index (χ4v) is 2.77. The average molecular weight is 320 g/mol. The van der Waals surface area contributed by atoms with Crippen LogP contribution >= 0.6 is 11.6 Å². The Kier molecular flexibility index (Phi) is 5.98. The van der Waals surface area contributed by atoms with Gasteiger partial charge in [-0.2, -0.15) is 0 Å². The third-order valence-corrected chi connectivity index (χ3v) is 4.46. The number of ether oxygens (including phenoxy) is 1. The Morgan fingerprint density at radius 3 is 2.60 bits per heavy atom. The molecule has 112 valence electrons. The van der Waals surface area contributed by atoms with Crippen LogP contribution in [0, 0.1) is 5.92 Å². The van der Waals surface area contributed by atoms with Crippen LogP contribution in [-0.2, 0) is 14.8 Å². The van der Waals surface area contributed by atoms with Crippen molar-refractivity contribution in [3.8, 4) is 0 Å². The molecule has 0 unspecified atom stereocenters. The van der Waals surface area contributed by atoms with Gasteiger partial charge in [0.2, 0.25) is 10.0 Å². The smallest absolute Gasteiger partial charge is 0.339 e. The van der Waals surface area contributed by atoms with Crippen LogP contribution in [0.3, 0.4) is 0 Å². The molecule has 20 heavy (non-hydrogen) atoms. The summed E-state index contributed by atoms with van der Waals surface area (Å²) >= 11 is 5.85. The first-order valence-electron chi connectivity index (χ1n) is 6.15. The second-order valence-corrected chi connectivity index (χ2v) is 6.89. The van der Waals surface area contributed by atoms with Gasteiger partial charge in [0.15, 0.2) is 0 Å². The Balaban J connectivity index is 2.98. The molecule has 0 spiro atoms. The van der Waals surface area contributed by atoms with E-state index in [9.17, 15) is 13.2 Å². The average Bonchev–Trinajstić information content (AvgIpc) is 2.37. The molecule has 7 heteroatoms. The Hall–Kier alpha value is -1.11. The number of rotatable bonds is 6. The largest absolute Gasteiger partial charge is 0.465 e. The summed E-state index contributed by atoms with van der Waals surface area (Å²) in [5.41, 5.74) is 0.0286. The molecule has 0 amide bonds. The van der Waals surface area contributed by atoms with E-state index in [4.69, 9.17) is 11.6 Å². The van der Waals surface area contributed by atoms with E-state index in [1.54, 1.807) is 0 Å². The van der Waals surface area contributed by atoms with Gasteiger partial charge in [-0.25, -0.2) is 17.9 Å². The molecule has 0 aromatic heterocycles. The number of carbonyl (C=O) groups excluding carboxylic acids is 1. The van der Waals surface area contributed by atoms with Crippen molar-refractivity contribution in [2.75, 3.05) is 13.7 Å². The molecule has 0 atom stereocenters. The van der Waals surface area contributed by atoms with E-state index >= 15 is 0 Å². The van der Waals surface area contributed by atoms with Gasteiger partial charge in [-0.1, -0.05) is 25.4 Å². The Morgan fingerprint density at radius 2 is 2.05 bits per heavy atom. The number of methoxy groups -OCH3 is 1. The van der Waals surface area contributed by atoms with Crippen LogP contribution in [0.1, 0.15) is 30.6 Å². The van der Waals surface area contributed by atoms with Crippen molar-refractivity contribution in [1.29, 1.82) is 0 Å². The summed E-state index contributed by atoms with van der Waals surface area (Å²) in [4.78, 5) is 11.5. The third kappa shape index (κ3) is 4.47. The molecule has 1 rings (SSSR count). The number of carbonyl (C=O) groups is 1. The van der Waals surface area contributed by atoms with Crippen molar-refractivity contribution in [1.82, 2.24) is 4.72 Å². The molecule has 0 bridgehead atoms. The highest BCUT2D eigenvalue weighted by Crippen LogP contribution is 2.21. The summed E-state index contributed by atoms with van der Waals surface area (Å²) in [6.45, 7) is 4.36. The van der Waals surface area contributed by atoms with Crippen LogP contribution in [-0.4, -0.2) is 28.0 Å².